The van der Waals surface area contributed by atoms with Crippen molar-refractivity contribution in [3.05, 3.63) is 42.5 Å². The van der Waals surface area contributed by atoms with Crippen LogP contribution in [-0.2, 0) is 0 Å². The van der Waals surface area contributed by atoms with Crippen LogP contribution in [0.3, 0.4) is 0 Å². The van der Waals surface area contributed by atoms with Gasteiger partial charge in [-0.3, -0.25) is 14.8 Å². The van der Waals surface area contributed by atoms with E-state index in [4.69, 9.17) is 4.74 Å². The summed E-state index contributed by atoms with van der Waals surface area (Å²) in [5.41, 5.74) is 0.467. The molecule has 1 aliphatic heterocycles. The summed E-state index contributed by atoms with van der Waals surface area (Å²) in [6.45, 7) is 1.88. The molecule has 114 valence electrons. The van der Waals surface area contributed by atoms with Crippen molar-refractivity contribution in [2.24, 2.45) is 0 Å². The highest BCUT2D eigenvalue weighted by atomic mass is 16.5. The second-order valence-electron chi connectivity index (χ2n) is 5.01. The Morgan fingerprint density at radius 3 is 2.86 bits per heavy atom. The van der Waals surface area contributed by atoms with Crippen LogP contribution in [0.2, 0.25) is 0 Å². The molecule has 22 heavy (non-hydrogen) atoms. The number of anilines is 1. The van der Waals surface area contributed by atoms with Crippen LogP contribution in [0.1, 0.15) is 23.2 Å². The standard InChI is InChI=1S/C15H17N5O2/c21-15(11-2-1-5-17-8-11)20-13-9-18-10-14(19-13)22-12-3-6-16-7-4-12/h1-2,5,8-10,12,16H,3-4,6-7H2,(H,19,20,21). The van der Waals surface area contributed by atoms with Crippen LogP contribution in [-0.4, -0.2) is 40.1 Å². The summed E-state index contributed by atoms with van der Waals surface area (Å²) in [5.74, 6) is 0.512. The predicted molar refractivity (Wildman–Crippen MR) is 80.7 cm³/mol. The maximum Gasteiger partial charge on any atom is 0.258 e. The fourth-order valence-electron chi connectivity index (χ4n) is 2.23. The molecule has 7 nitrogen and oxygen atoms in total. The van der Waals surface area contributed by atoms with Gasteiger partial charge in [-0.1, -0.05) is 0 Å². The molecule has 0 aliphatic carbocycles. The normalized spacial score (nSPS) is 15.3. The summed E-state index contributed by atoms with van der Waals surface area (Å²) in [4.78, 5) is 24.3. The summed E-state index contributed by atoms with van der Waals surface area (Å²) < 4.78 is 5.81. The van der Waals surface area contributed by atoms with Crippen molar-refractivity contribution in [3.8, 4) is 5.88 Å². The molecule has 1 aliphatic rings. The van der Waals surface area contributed by atoms with E-state index in [1.807, 2.05) is 0 Å². The van der Waals surface area contributed by atoms with Crippen molar-refractivity contribution >= 4 is 11.7 Å². The third-order valence-electron chi connectivity index (χ3n) is 3.35. The lowest BCUT2D eigenvalue weighted by atomic mass is 10.1. The third kappa shape index (κ3) is 3.76. The number of carbonyl (C=O) groups is 1. The minimum Gasteiger partial charge on any atom is -0.473 e. The van der Waals surface area contributed by atoms with Gasteiger partial charge in [0, 0.05) is 12.4 Å². The van der Waals surface area contributed by atoms with Gasteiger partial charge < -0.3 is 15.4 Å². The van der Waals surface area contributed by atoms with Crippen LogP contribution in [0.25, 0.3) is 0 Å². The number of nitrogens with zero attached hydrogens (tertiary/aromatic N) is 3. The molecule has 1 amide bonds. The van der Waals surface area contributed by atoms with Crippen molar-refractivity contribution in [1.82, 2.24) is 20.3 Å². The number of hydrogen-bond acceptors (Lipinski definition) is 6. The zero-order chi connectivity index (χ0) is 15.2. The van der Waals surface area contributed by atoms with E-state index in [1.54, 1.807) is 24.5 Å². The van der Waals surface area contributed by atoms with Crippen molar-refractivity contribution in [2.75, 3.05) is 18.4 Å². The van der Waals surface area contributed by atoms with Gasteiger partial charge in [-0.05, 0) is 38.1 Å². The fraction of sp³-hybridized carbons (Fsp3) is 0.333. The number of pyridine rings is 1. The molecular weight excluding hydrogens is 282 g/mol. The smallest absolute Gasteiger partial charge is 0.258 e. The van der Waals surface area contributed by atoms with Crippen LogP contribution in [0.4, 0.5) is 5.82 Å². The Bertz CT molecular complexity index is 629. The van der Waals surface area contributed by atoms with Crippen molar-refractivity contribution < 1.29 is 9.53 Å². The van der Waals surface area contributed by atoms with Gasteiger partial charge in [-0.15, -0.1) is 0 Å². The van der Waals surface area contributed by atoms with Gasteiger partial charge >= 0.3 is 0 Å². The summed E-state index contributed by atoms with van der Waals surface area (Å²) >= 11 is 0. The number of nitrogens with one attached hydrogen (secondary N) is 2. The maximum atomic E-state index is 12.0. The predicted octanol–water partition coefficient (Wildman–Crippen LogP) is 1.25. The number of amides is 1. The summed E-state index contributed by atoms with van der Waals surface area (Å²) in [6, 6.07) is 3.39. The number of piperidine rings is 1. The van der Waals surface area contributed by atoms with Gasteiger partial charge in [0.15, 0.2) is 5.82 Å². The Labute approximate surface area is 128 Å². The lowest BCUT2D eigenvalue weighted by Gasteiger charge is -2.23. The molecule has 2 aromatic rings. The quantitative estimate of drug-likeness (QED) is 0.883. The Kier molecular flexibility index (Phi) is 4.55. The first-order valence-corrected chi connectivity index (χ1v) is 7.22. The lowest BCUT2D eigenvalue weighted by Crippen LogP contribution is -2.34. The summed E-state index contributed by atoms with van der Waals surface area (Å²) in [7, 11) is 0. The first-order chi connectivity index (χ1) is 10.8. The van der Waals surface area contributed by atoms with E-state index in [-0.39, 0.29) is 12.0 Å². The van der Waals surface area contributed by atoms with Crippen LogP contribution in [0.15, 0.2) is 36.9 Å². The molecule has 1 fully saturated rings. The third-order valence-corrected chi connectivity index (χ3v) is 3.35. The van der Waals surface area contributed by atoms with E-state index < -0.39 is 0 Å². The highest BCUT2D eigenvalue weighted by Crippen LogP contribution is 2.15. The number of aromatic nitrogens is 3. The van der Waals surface area contributed by atoms with Gasteiger partial charge in [-0.25, -0.2) is 0 Å². The number of ether oxygens (including phenoxy) is 1. The number of rotatable bonds is 4. The molecule has 0 spiro atoms. The Balaban J connectivity index is 1.64. The van der Waals surface area contributed by atoms with Crippen molar-refractivity contribution in [2.45, 2.75) is 18.9 Å². The molecular formula is C15H17N5O2. The maximum absolute atomic E-state index is 12.0. The summed E-state index contributed by atoms with van der Waals surface area (Å²) in [6.07, 6.45) is 8.18. The monoisotopic (exact) mass is 299 g/mol. The molecule has 0 radical (unpaired) electrons. The minimum absolute atomic E-state index is 0.139. The van der Waals surface area contributed by atoms with E-state index in [2.05, 4.69) is 25.6 Å². The van der Waals surface area contributed by atoms with Gasteiger partial charge in [0.05, 0.1) is 18.0 Å². The first-order valence-electron chi connectivity index (χ1n) is 7.22. The molecule has 3 heterocycles. The largest absolute Gasteiger partial charge is 0.473 e. The molecule has 0 aromatic carbocycles. The van der Waals surface area contributed by atoms with E-state index in [9.17, 15) is 4.79 Å². The average molecular weight is 299 g/mol. The molecule has 3 rings (SSSR count). The number of carbonyl (C=O) groups excluding carboxylic acids is 1. The van der Waals surface area contributed by atoms with Crippen molar-refractivity contribution in [3.63, 3.8) is 0 Å². The zero-order valence-electron chi connectivity index (χ0n) is 12.0. The molecule has 0 atom stereocenters. The highest BCUT2D eigenvalue weighted by Gasteiger charge is 2.15. The molecule has 0 saturated carbocycles. The van der Waals surface area contributed by atoms with Crippen molar-refractivity contribution in [1.29, 1.82) is 0 Å². The summed E-state index contributed by atoms with van der Waals surface area (Å²) in [5, 5.41) is 5.97. The first kappa shape index (κ1) is 14.4. The fourth-order valence-corrected chi connectivity index (χ4v) is 2.23. The van der Waals surface area contributed by atoms with Gasteiger partial charge in [-0.2, -0.15) is 4.98 Å². The zero-order valence-corrected chi connectivity index (χ0v) is 12.0. The topological polar surface area (TPSA) is 89.0 Å². The second kappa shape index (κ2) is 6.95. The van der Waals surface area contributed by atoms with E-state index in [0.717, 1.165) is 25.9 Å². The Morgan fingerprint density at radius 1 is 1.23 bits per heavy atom. The van der Waals surface area contributed by atoms with Crippen LogP contribution < -0.4 is 15.4 Å². The van der Waals surface area contributed by atoms with Crippen LogP contribution >= 0.6 is 0 Å². The van der Waals surface area contributed by atoms with E-state index in [1.165, 1.54) is 12.4 Å². The molecule has 2 aromatic heterocycles. The Morgan fingerprint density at radius 2 is 2.09 bits per heavy atom. The molecule has 2 N–H and O–H groups in total. The second-order valence-corrected chi connectivity index (χ2v) is 5.01. The minimum atomic E-state index is -0.276. The van der Waals surface area contributed by atoms with Gasteiger partial charge in [0.25, 0.3) is 5.91 Å². The highest BCUT2D eigenvalue weighted by molar-refractivity contribution is 6.03. The van der Waals surface area contributed by atoms with Crippen LogP contribution in [0, 0.1) is 0 Å². The molecule has 0 bridgehead atoms. The molecule has 0 unspecified atom stereocenters. The number of hydrogen-bond donors (Lipinski definition) is 2. The van der Waals surface area contributed by atoms with Crippen LogP contribution in [0.5, 0.6) is 5.88 Å². The van der Waals surface area contributed by atoms with E-state index >= 15 is 0 Å². The van der Waals surface area contributed by atoms with Gasteiger partial charge in [0.1, 0.15) is 6.10 Å². The van der Waals surface area contributed by atoms with E-state index in [0.29, 0.717) is 17.3 Å². The lowest BCUT2D eigenvalue weighted by molar-refractivity contribution is 0.102. The Hall–Kier alpha value is -2.54. The molecule has 7 heteroatoms. The van der Waals surface area contributed by atoms with Gasteiger partial charge in [0.2, 0.25) is 5.88 Å². The molecule has 1 saturated heterocycles. The SMILES string of the molecule is O=C(Nc1cncc(OC2CCNCC2)n1)c1cccnc1. The average Bonchev–Trinajstić information content (AvgIpc) is 2.57.